The minimum absolute atomic E-state index is 0.0654. The number of carbonyl (C=O) groups is 1. The first-order valence-electron chi connectivity index (χ1n) is 10.8. The van der Waals surface area contributed by atoms with Gasteiger partial charge in [0, 0.05) is 42.6 Å². The number of anilines is 2. The second-order valence-electron chi connectivity index (χ2n) is 7.05. The summed E-state index contributed by atoms with van der Waals surface area (Å²) >= 11 is 0. The number of methoxy groups -OCH3 is 1. The molecular weight excluding hydrogens is 374 g/mol. The first-order valence-corrected chi connectivity index (χ1v) is 10.8. The zero-order valence-corrected chi connectivity index (χ0v) is 18.7. The molecule has 30 heavy (non-hydrogen) atoms. The van der Waals surface area contributed by atoms with Crippen LogP contribution in [0.25, 0.3) is 0 Å². The third-order valence-corrected chi connectivity index (χ3v) is 5.20. The summed E-state index contributed by atoms with van der Waals surface area (Å²) < 4.78 is 5.44. The van der Waals surface area contributed by atoms with Crippen LogP contribution in [0.4, 0.5) is 11.4 Å². The summed E-state index contributed by atoms with van der Waals surface area (Å²) in [6.45, 7) is 12.2. The van der Waals surface area contributed by atoms with Crippen molar-refractivity contribution in [3.8, 4) is 5.75 Å². The average Bonchev–Trinajstić information content (AvgIpc) is 2.79. The Balaban J connectivity index is 2.40. The highest BCUT2D eigenvalue weighted by atomic mass is 16.5. The molecular formula is C25H35N3O2. The molecule has 1 amide bonds. The molecule has 0 aliphatic carbocycles. The molecule has 1 unspecified atom stereocenters. The van der Waals surface area contributed by atoms with E-state index in [0.29, 0.717) is 18.7 Å². The Morgan fingerprint density at radius 1 is 1.10 bits per heavy atom. The third-order valence-electron chi connectivity index (χ3n) is 5.20. The number of ether oxygens (including phenoxy) is 1. The first kappa shape index (κ1) is 23.5. The van der Waals surface area contributed by atoms with Gasteiger partial charge in [0.2, 0.25) is 0 Å². The van der Waals surface area contributed by atoms with Gasteiger partial charge < -0.3 is 14.5 Å². The highest BCUT2D eigenvalue weighted by molar-refractivity contribution is 5.94. The smallest absolute Gasteiger partial charge is 0.253 e. The molecule has 0 spiro atoms. The molecule has 2 aromatic carbocycles. The molecule has 5 nitrogen and oxygen atoms in total. The highest BCUT2D eigenvalue weighted by Crippen LogP contribution is 2.31. The van der Waals surface area contributed by atoms with Crippen molar-refractivity contribution < 1.29 is 9.53 Å². The lowest BCUT2D eigenvalue weighted by Crippen LogP contribution is -2.43. The summed E-state index contributed by atoms with van der Waals surface area (Å²) in [5.41, 5.74) is 2.77. The van der Waals surface area contributed by atoms with E-state index in [0.717, 1.165) is 36.5 Å². The maximum absolute atomic E-state index is 12.7. The van der Waals surface area contributed by atoms with Gasteiger partial charge >= 0.3 is 0 Å². The fourth-order valence-corrected chi connectivity index (χ4v) is 3.50. The second kappa shape index (κ2) is 12.0. The van der Waals surface area contributed by atoms with E-state index in [9.17, 15) is 4.79 Å². The van der Waals surface area contributed by atoms with Crippen LogP contribution in [-0.4, -0.2) is 43.7 Å². The van der Waals surface area contributed by atoms with Crippen molar-refractivity contribution in [3.63, 3.8) is 0 Å². The van der Waals surface area contributed by atoms with Crippen LogP contribution in [0.2, 0.25) is 0 Å². The van der Waals surface area contributed by atoms with Crippen LogP contribution in [0.15, 0.2) is 61.2 Å². The molecule has 0 saturated heterocycles. The van der Waals surface area contributed by atoms with E-state index >= 15 is 0 Å². The number of rotatable bonds is 12. The molecule has 162 valence electrons. The Labute approximate surface area is 181 Å². The van der Waals surface area contributed by atoms with Crippen molar-refractivity contribution in [2.45, 2.75) is 39.8 Å². The van der Waals surface area contributed by atoms with Crippen LogP contribution in [-0.2, 0) is 0 Å². The Hall–Kier alpha value is -2.79. The lowest BCUT2D eigenvalue weighted by Gasteiger charge is -2.34. The maximum Gasteiger partial charge on any atom is 0.253 e. The van der Waals surface area contributed by atoms with Gasteiger partial charge in [0.15, 0.2) is 0 Å². The molecule has 0 aliphatic rings. The van der Waals surface area contributed by atoms with E-state index in [1.54, 1.807) is 7.11 Å². The fraction of sp³-hybridized carbons (Fsp3) is 0.400. The lowest BCUT2D eigenvalue weighted by molar-refractivity contribution is 0.0773. The SMILES string of the molecule is C=CCCNC(CC)N(c1ccc(C(=O)N(CC)CC)cc1)c1cccc(OC)c1. The molecule has 0 saturated carbocycles. The van der Waals surface area contributed by atoms with Gasteiger partial charge in [-0.15, -0.1) is 6.58 Å². The number of nitrogens with zero attached hydrogens (tertiary/aromatic N) is 2. The van der Waals surface area contributed by atoms with Crippen LogP contribution in [0.5, 0.6) is 5.75 Å². The van der Waals surface area contributed by atoms with E-state index in [4.69, 9.17) is 4.74 Å². The Morgan fingerprint density at radius 3 is 2.37 bits per heavy atom. The summed E-state index contributed by atoms with van der Waals surface area (Å²) in [6.07, 6.45) is 3.83. The van der Waals surface area contributed by atoms with E-state index < -0.39 is 0 Å². The molecule has 2 rings (SSSR count). The van der Waals surface area contributed by atoms with Crippen LogP contribution in [0.3, 0.4) is 0 Å². The molecule has 0 radical (unpaired) electrons. The molecule has 0 aromatic heterocycles. The molecule has 0 aliphatic heterocycles. The largest absolute Gasteiger partial charge is 0.497 e. The third kappa shape index (κ3) is 5.86. The Bertz CT molecular complexity index is 800. The molecule has 5 heteroatoms. The summed E-state index contributed by atoms with van der Waals surface area (Å²) in [4.78, 5) is 16.8. The molecule has 1 N–H and O–H groups in total. The lowest BCUT2D eigenvalue weighted by atomic mass is 10.1. The standard InChI is InChI=1S/C25H35N3O2/c1-6-10-18-26-24(7-2)28(22-12-11-13-23(19-22)30-5)21-16-14-20(15-17-21)25(29)27(8-3)9-4/h6,11-17,19,24,26H,1,7-10,18H2,2-5H3. The number of hydrogen-bond acceptors (Lipinski definition) is 4. The molecule has 0 fully saturated rings. The number of benzene rings is 2. The highest BCUT2D eigenvalue weighted by Gasteiger charge is 2.20. The van der Waals surface area contributed by atoms with Crippen LogP contribution >= 0.6 is 0 Å². The summed E-state index contributed by atoms with van der Waals surface area (Å²) in [5, 5.41) is 3.62. The van der Waals surface area contributed by atoms with Gasteiger partial charge in [0.1, 0.15) is 5.75 Å². The number of hydrogen-bond donors (Lipinski definition) is 1. The van der Waals surface area contributed by atoms with E-state index in [1.165, 1.54) is 0 Å². The van der Waals surface area contributed by atoms with Gasteiger partial charge in [0.25, 0.3) is 5.91 Å². The Kier molecular flexibility index (Phi) is 9.42. The first-order chi connectivity index (χ1) is 14.6. The minimum Gasteiger partial charge on any atom is -0.497 e. The monoisotopic (exact) mass is 409 g/mol. The van der Waals surface area contributed by atoms with Crippen LogP contribution < -0.4 is 15.0 Å². The quantitative estimate of drug-likeness (QED) is 0.297. The van der Waals surface area contributed by atoms with Crippen molar-refractivity contribution in [2.24, 2.45) is 0 Å². The number of amides is 1. The number of carbonyl (C=O) groups excluding carboxylic acids is 1. The van der Waals surface area contributed by atoms with Crippen molar-refractivity contribution in [3.05, 3.63) is 66.7 Å². The fourth-order valence-electron chi connectivity index (χ4n) is 3.50. The topological polar surface area (TPSA) is 44.8 Å². The predicted molar refractivity (Wildman–Crippen MR) is 126 cm³/mol. The Morgan fingerprint density at radius 2 is 1.80 bits per heavy atom. The maximum atomic E-state index is 12.7. The van der Waals surface area contributed by atoms with E-state index in [2.05, 4.69) is 29.8 Å². The normalized spacial score (nSPS) is 11.6. The van der Waals surface area contributed by atoms with Gasteiger partial charge in [-0.3, -0.25) is 10.1 Å². The average molecular weight is 410 g/mol. The van der Waals surface area contributed by atoms with E-state index in [1.807, 2.05) is 67.3 Å². The molecule has 0 bridgehead atoms. The van der Waals surface area contributed by atoms with E-state index in [-0.39, 0.29) is 12.1 Å². The summed E-state index contributed by atoms with van der Waals surface area (Å²) in [5.74, 6) is 0.877. The molecule has 2 aromatic rings. The zero-order chi connectivity index (χ0) is 21.9. The molecule has 0 heterocycles. The van der Waals surface area contributed by atoms with Gasteiger partial charge in [-0.1, -0.05) is 19.1 Å². The molecule has 1 atom stereocenters. The second-order valence-corrected chi connectivity index (χ2v) is 7.05. The number of nitrogens with one attached hydrogen (secondary N) is 1. The van der Waals surface area contributed by atoms with Gasteiger partial charge in [-0.05, 0) is 63.1 Å². The van der Waals surface area contributed by atoms with Crippen molar-refractivity contribution in [1.82, 2.24) is 10.2 Å². The summed E-state index contributed by atoms with van der Waals surface area (Å²) in [7, 11) is 1.68. The van der Waals surface area contributed by atoms with Crippen molar-refractivity contribution in [1.29, 1.82) is 0 Å². The summed E-state index contributed by atoms with van der Waals surface area (Å²) in [6, 6.07) is 15.9. The van der Waals surface area contributed by atoms with Crippen LogP contribution in [0, 0.1) is 0 Å². The zero-order valence-electron chi connectivity index (χ0n) is 18.7. The van der Waals surface area contributed by atoms with Crippen molar-refractivity contribution >= 4 is 17.3 Å². The van der Waals surface area contributed by atoms with Gasteiger partial charge in [-0.2, -0.15) is 0 Å². The predicted octanol–water partition coefficient (Wildman–Crippen LogP) is 5.22. The van der Waals surface area contributed by atoms with Gasteiger partial charge in [-0.25, -0.2) is 0 Å². The minimum atomic E-state index is 0.0654. The van der Waals surface area contributed by atoms with Crippen molar-refractivity contribution in [2.75, 3.05) is 31.6 Å². The van der Waals surface area contributed by atoms with Crippen LogP contribution in [0.1, 0.15) is 44.0 Å². The van der Waals surface area contributed by atoms with Gasteiger partial charge in [0.05, 0.1) is 13.3 Å².